The molecule has 0 saturated heterocycles. The van der Waals surface area contributed by atoms with E-state index in [0.717, 1.165) is 15.5 Å². The van der Waals surface area contributed by atoms with Crippen LogP contribution in [0.15, 0.2) is 87.8 Å². The van der Waals surface area contributed by atoms with Crippen LogP contribution in [0, 0.1) is 5.92 Å². The van der Waals surface area contributed by atoms with Gasteiger partial charge in [0.05, 0.1) is 0 Å². The quantitative estimate of drug-likeness (QED) is 0.169. The van der Waals surface area contributed by atoms with Gasteiger partial charge in [0, 0.05) is 37.3 Å². The molecule has 37 heavy (non-hydrogen) atoms. The van der Waals surface area contributed by atoms with Crippen molar-refractivity contribution in [3.63, 3.8) is 0 Å². The number of unbranched alkanes of at least 4 members (excludes halogenated alkanes) is 1. The van der Waals surface area contributed by atoms with Crippen LogP contribution >= 0.6 is 31.9 Å². The van der Waals surface area contributed by atoms with Crippen LogP contribution in [-0.2, 0) is 6.54 Å². The molecule has 1 aliphatic carbocycles. The van der Waals surface area contributed by atoms with E-state index >= 15 is 0 Å². The Hall–Kier alpha value is -2.62. The number of hydrogen-bond donors (Lipinski definition) is 0. The molecule has 6 rings (SSSR count). The Balaban J connectivity index is 1.49. The van der Waals surface area contributed by atoms with E-state index in [4.69, 9.17) is 0 Å². The maximum absolute atomic E-state index is 3.70. The number of aromatic nitrogens is 1. The summed E-state index contributed by atoms with van der Waals surface area (Å²) in [5, 5.41) is 2.69. The number of hydrogen-bond acceptors (Lipinski definition) is 0. The van der Waals surface area contributed by atoms with E-state index in [1.807, 2.05) is 0 Å². The molecule has 1 aliphatic rings. The highest BCUT2D eigenvalue weighted by Crippen LogP contribution is 2.47. The highest BCUT2D eigenvalue weighted by Gasteiger charge is 2.24. The molecule has 1 heterocycles. The molecule has 0 amide bonds. The van der Waals surface area contributed by atoms with Gasteiger partial charge in [0.15, 0.2) is 0 Å². The molecule has 3 heteroatoms. The molecule has 0 fully saturated rings. The molecule has 1 aromatic heterocycles. The number of fused-ring (bicyclic) bond motifs is 6. The Morgan fingerprint density at radius 1 is 0.730 bits per heavy atom. The average molecular weight is 613 g/mol. The van der Waals surface area contributed by atoms with E-state index < -0.39 is 0 Å². The van der Waals surface area contributed by atoms with E-state index in [-0.39, 0.29) is 0 Å². The molecule has 1 unspecified atom stereocenters. The minimum absolute atomic E-state index is 0.712. The van der Waals surface area contributed by atoms with Crippen LogP contribution in [0.5, 0.6) is 0 Å². The summed E-state index contributed by atoms with van der Waals surface area (Å²) in [4.78, 5) is 0. The molecule has 1 nitrogen and oxygen atoms in total. The third-order valence-corrected chi connectivity index (χ3v) is 8.91. The SMILES string of the molecule is CCCCC(CC)Cn1c2ccccc2c2cc(C=C3c4cc(Br)ccc4-c4ccc(Br)cc43)ccc21. The number of para-hydroxylation sites is 1. The van der Waals surface area contributed by atoms with Crippen LogP contribution in [0.4, 0.5) is 0 Å². The summed E-state index contributed by atoms with van der Waals surface area (Å²) in [5.41, 5.74) is 10.4. The van der Waals surface area contributed by atoms with Gasteiger partial charge in [-0.1, -0.05) is 101 Å². The van der Waals surface area contributed by atoms with Crippen LogP contribution < -0.4 is 0 Å². The fourth-order valence-corrected chi connectivity index (χ4v) is 6.67. The third-order valence-electron chi connectivity index (χ3n) is 7.93. The van der Waals surface area contributed by atoms with Crippen molar-refractivity contribution in [1.29, 1.82) is 0 Å². The van der Waals surface area contributed by atoms with Gasteiger partial charge in [0.1, 0.15) is 0 Å². The van der Waals surface area contributed by atoms with Gasteiger partial charge in [-0.3, -0.25) is 0 Å². The first-order valence-electron chi connectivity index (χ1n) is 13.4. The summed E-state index contributed by atoms with van der Waals surface area (Å²) in [6, 6.07) is 29.2. The van der Waals surface area contributed by atoms with Crippen molar-refractivity contribution in [3.05, 3.63) is 104 Å². The lowest BCUT2D eigenvalue weighted by Crippen LogP contribution is -2.10. The standard InChI is InChI=1S/C34H31Br2N/c1-3-5-8-22(4-2)21-37-33-10-7-6-9-28(33)32-18-23(11-16-34(32)37)17-29-30-19-24(35)12-14-26(30)27-15-13-25(36)20-31(27)29/h6-7,9-20,22H,3-5,8,21H2,1-2H3. The minimum Gasteiger partial charge on any atom is -0.340 e. The van der Waals surface area contributed by atoms with Crippen molar-refractivity contribution < 1.29 is 0 Å². The fraction of sp³-hybridized carbons (Fsp3) is 0.235. The molecule has 0 spiro atoms. The highest BCUT2D eigenvalue weighted by atomic mass is 79.9. The van der Waals surface area contributed by atoms with E-state index in [1.165, 1.54) is 80.9 Å². The van der Waals surface area contributed by atoms with Gasteiger partial charge in [-0.05, 0) is 94.3 Å². The van der Waals surface area contributed by atoms with Gasteiger partial charge in [-0.15, -0.1) is 0 Å². The second kappa shape index (κ2) is 10.3. The maximum atomic E-state index is 3.70. The largest absolute Gasteiger partial charge is 0.340 e. The maximum Gasteiger partial charge on any atom is 0.0491 e. The van der Waals surface area contributed by atoms with Gasteiger partial charge >= 0.3 is 0 Å². The van der Waals surface area contributed by atoms with Gasteiger partial charge in [0.25, 0.3) is 0 Å². The predicted octanol–water partition coefficient (Wildman–Crippen LogP) is 11.1. The topological polar surface area (TPSA) is 4.93 Å². The predicted molar refractivity (Wildman–Crippen MR) is 167 cm³/mol. The van der Waals surface area contributed by atoms with Crippen molar-refractivity contribution in [1.82, 2.24) is 4.57 Å². The van der Waals surface area contributed by atoms with Crippen LogP contribution in [0.1, 0.15) is 56.2 Å². The van der Waals surface area contributed by atoms with Gasteiger partial charge in [-0.2, -0.15) is 0 Å². The molecule has 0 aliphatic heterocycles. The normalized spacial score (nSPS) is 13.2. The number of halogens is 2. The third kappa shape index (κ3) is 4.51. The summed E-state index contributed by atoms with van der Waals surface area (Å²) >= 11 is 7.40. The van der Waals surface area contributed by atoms with Crippen LogP contribution in [-0.4, -0.2) is 4.57 Å². The van der Waals surface area contributed by atoms with E-state index in [9.17, 15) is 0 Å². The first-order chi connectivity index (χ1) is 18.1. The van der Waals surface area contributed by atoms with Crippen LogP contribution in [0.3, 0.4) is 0 Å². The smallest absolute Gasteiger partial charge is 0.0491 e. The van der Waals surface area contributed by atoms with E-state index in [0.29, 0.717) is 5.92 Å². The van der Waals surface area contributed by atoms with Gasteiger partial charge in [-0.25, -0.2) is 0 Å². The second-order valence-electron chi connectivity index (χ2n) is 10.3. The van der Waals surface area contributed by atoms with Crippen molar-refractivity contribution in [2.24, 2.45) is 5.92 Å². The molecule has 0 bridgehead atoms. The number of rotatable bonds is 7. The van der Waals surface area contributed by atoms with E-state index in [1.54, 1.807) is 0 Å². The van der Waals surface area contributed by atoms with Crippen LogP contribution in [0.2, 0.25) is 0 Å². The molecule has 0 radical (unpaired) electrons. The summed E-state index contributed by atoms with van der Waals surface area (Å²) in [6.07, 6.45) is 7.46. The lowest BCUT2D eigenvalue weighted by atomic mass is 9.99. The number of benzene rings is 4. The lowest BCUT2D eigenvalue weighted by molar-refractivity contribution is 0.401. The molecule has 4 aromatic carbocycles. The van der Waals surface area contributed by atoms with Crippen molar-refractivity contribution in [2.45, 2.75) is 46.1 Å². The summed E-state index contributed by atoms with van der Waals surface area (Å²) in [5.74, 6) is 0.712. The molecule has 1 atom stereocenters. The van der Waals surface area contributed by atoms with E-state index in [2.05, 4.69) is 135 Å². The number of nitrogens with zero attached hydrogens (tertiary/aromatic N) is 1. The summed E-state index contributed by atoms with van der Waals surface area (Å²) in [6.45, 7) is 5.72. The second-order valence-corrected chi connectivity index (χ2v) is 12.1. The van der Waals surface area contributed by atoms with Crippen LogP contribution in [0.25, 0.3) is 44.6 Å². The Morgan fingerprint density at radius 2 is 1.41 bits per heavy atom. The summed E-state index contributed by atoms with van der Waals surface area (Å²) in [7, 11) is 0. The molecular weight excluding hydrogens is 582 g/mol. The molecule has 186 valence electrons. The Kier molecular flexibility index (Phi) is 6.86. The zero-order chi connectivity index (χ0) is 25.5. The minimum atomic E-state index is 0.712. The summed E-state index contributed by atoms with van der Waals surface area (Å²) < 4.78 is 4.78. The Labute approximate surface area is 236 Å². The first-order valence-corrected chi connectivity index (χ1v) is 15.0. The average Bonchev–Trinajstić information content (AvgIpc) is 3.38. The lowest BCUT2D eigenvalue weighted by Gasteiger charge is -2.17. The highest BCUT2D eigenvalue weighted by molar-refractivity contribution is 9.10. The van der Waals surface area contributed by atoms with Gasteiger partial charge in [0.2, 0.25) is 0 Å². The van der Waals surface area contributed by atoms with Crippen molar-refractivity contribution in [2.75, 3.05) is 0 Å². The van der Waals surface area contributed by atoms with Crippen molar-refractivity contribution >= 4 is 65.3 Å². The first kappa shape index (κ1) is 24.7. The molecule has 0 N–H and O–H groups in total. The van der Waals surface area contributed by atoms with Crippen molar-refractivity contribution in [3.8, 4) is 11.1 Å². The fourth-order valence-electron chi connectivity index (χ4n) is 5.95. The molecule has 5 aromatic rings. The Morgan fingerprint density at radius 3 is 2.08 bits per heavy atom. The Bertz CT molecular complexity index is 1600. The molecular formula is C34H31Br2N. The van der Waals surface area contributed by atoms with Gasteiger partial charge < -0.3 is 4.57 Å². The zero-order valence-electron chi connectivity index (χ0n) is 21.4. The molecule has 0 saturated carbocycles. The zero-order valence-corrected chi connectivity index (χ0v) is 24.6. The monoisotopic (exact) mass is 611 g/mol.